The summed E-state index contributed by atoms with van der Waals surface area (Å²) in [6, 6.07) is 4.60. The van der Waals surface area contributed by atoms with Gasteiger partial charge in [0.05, 0.1) is 12.1 Å². The van der Waals surface area contributed by atoms with Gasteiger partial charge in [0, 0.05) is 6.54 Å². The first-order chi connectivity index (χ1) is 11.1. The zero-order chi connectivity index (χ0) is 16.2. The van der Waals surface area contributed by atoms with Crippen LogP contribution in [0.4, 0.5) is 9.18 Å². The van der Waals surface area contributed by atoms with E-state index >= 15 is 0 Å². The van der Waals surface area contributed by atoms with Crippen molar-refractivity contribution < 1.29 is 14.3 Å². The number of benzene rings is 1. The molecule has 126 valence electrons. The number of aliphatic hydroxyl groups excluding tert-OH is 1. The van der Waals surface area contributed by atoms with Crippen molar-refractivity contribution in [1.82, 2.24) is 10.6 Å². The van der Waals surface area contributed by atoms with Crippen LogP contribution in [0.1, 0.15) is 55.7 Å². The van der Waals surface area contributed by atoms with Crippen molar-refractivity contribution in [2.75, 3.05) is 6.54 Å². The highest BCUT2D eigenvalue weighted by molar-refractivity contribution is 5.74. The summed E-state index contributed by atoms with van der Waals surface area (Å²) in [6.07, 6.45) is 6.21. The van der Waals surface area contributed by atoms with E-state index in [2.05, 4.69) is 10.6 Å². The van der Waals surface area contributed by atoms with Gasteiger partial charge in [-0.05, 0) is 67.7 Å². The smallest absolute Gasteiger partial charge is 0.315 e. The molecule has 1 fully saturated rings. The van der Waals surface area contributed by atoms with Crippen LogP contribution in [0.15, 0.2) is 18.2 Å². The summed E-state index contributed by atoms with van der Waals surface area (Å²) in [7, 11) is 0. The van der Waals surface area contributed by atoms with Gasteiger partial charge in [-0.3, -0.25) is 0 Å². The lowest BCUT2D eigenvalue weighted by Crippen LogP contribution is -2.42. The Morgan fingerprint density at radius 1 is 1.26 bits per heavy atom. The molecule has 0 aromatic heterocycles. The number of aliphatic hydroxyl groups is 1. The largest absolute Gasteiger partial charge is 0.393 e. The van der Waals surface area contributed by atoms with Gasteiger partial charge in [0.25, 0.3) is 0 Å². The Morgan fingerprint density at radius 3 is 2.96 bits per heavy atom. The van der Waals surface area contributed by atoms with Gasteiger partial charge in [-0.2, -0.15) is 0 Å². The SMILES string of the molecule is O=C(NC[C@@H]1CCC[C@@H](O)C1)N[C@@H]1CCCc2cc(F)ccc21. The van der Waals surface area contributed by atoms with E-state index < -0.39 is 0 Å². The van der Waals surface area contributed by atoms with E-state index in [0.717, 1.165) is 56.1 Å². The minimum atomic E-state index is -0.223. The molecule has 0 bridgehead atoms. The summed E-state index contributed by atoms with van der Waals surface area (Å²) >= 11 is 0. The highest BCUT2D eigenvalue weighted by Crippen LogP contribution is 2.30. The predicted octanol–water partition coefficient (Wildman–Crippen LogP) is 3.05. The van der Waals surface area contributed by atoms with E-state index in [4.69, 9.17) is 0 Å². The van der Waals surface area contributed by atoms with Gasteiger partial charge < -0.3 is 15.7 Å². The number of hydrogen-bond donors (Lipinski definition) is 3. The molecule has 0 radical (unpaired) electrons. The van der Waals surface area contributed by atoms with Crippen LogP contribution in [-0.2, 0) is 6.42 Å². The van der Waals surface area contributed by atoms with E-state index in [1.54, 1.807) is 12.1 Å². The van der Waals surface area contributed by atoms with Crippen molar-refractivity contribution in [3.05, 3.63) is 35.1 Å². The van der Waals surface area contributed by atoms with Gasteiger partial charge in [-0.1, -0.05) is 12.5 Å². The number of carbonyl (C=O) groups excluding carboxylic acids is 1. The molecule has 0 spiro atoms. The van der Waals surface area contributed by atoms with E-state index in [1.165, 1.54) is 6.07 Å². The lowest BCUT2D eigenvalue weighted by Gasteiger charge is -2.28. The third-order valence-electron chi connectivity index (χ3n) is 5.03. The fraction of sp³-hybridized carbons (Fsp3) is 0.611. The molecule has 4 nitrogen and oxygen atoms in total. The summed E-state index contributed by atoms with van der Waals surface area (Å²) in [5, 5.41) is 15.6. The molecule has 5 heteroatoms. The Bertz CT molecular complexity index is 564. The van der Waals surface area contributed by atoms with Crippen LogP contribution in [0.2, 0.25) is 0 Å². The third kappa shape index (κ3) is 4.22. The maximum Gasteiger partial charge on any atom is 0.315 e. The van der Waals surface area contributed by atoms with Gasteiger partial charge in [-0.15, -0.1) is 0 Å². The first kappa shape index (κ1) is 16.2. The topological polar surface area (TPSA) is 61.4 Å². The molecule has 0 unspecified atom stereocenters. The van der Waals surface area contributed by atoms with Gasteiger partial charge in [0.1, 0.15) is 5.82 Å². The maximum absolute atomic E-state index is 13.3. The van der Waals surface area contributed by atoms with Crippen LogP contribution in [-0.4, -0.2) is 23.8 Å². The molecule has 1 aromatic rings. The Balaban J connectivity index is 1.52. The van der Waals surface area contributed by atoms with Gasteiger partial charge in [0.15, 0.2) is 0 Å². The maximum atomic E-state index is 13.3. The molecule has 0 saturated heterocycles. The number of nitrogens with one attached hydrogen (secondary N) is 2. The van der Waals surface area contributed by atoms with Crippen molar-refractivity contribution in [2.24, 2.45) is 5.92 Å². The Labute approximate surface area is 136 Å². The molecule has 3 rings (SSSR count). The minimum Gasteiger partial charge on any atom is -0.393 e. The predicted molar refractivity (Wildman–Crippen MR) is 86.6 cm³/mol. The van der Waals surface area contributed by atoms with Crippen LogP contribution in [0.25, 0.3) is 0 Å². The highest BCUT2D eigenvalue weighted by Gasteiger charge is 2.23. The van der Waals surface area contributed by atoms with Crippen molar-refractivity contribution in [3.63, 3.8) is 0 Å². The van der Waals surface area contributed by atoms with Crippen LogP contribution in [0, 0.1) is 11.7 Å². The number of carbonyl (C=O) groups is 1. The summed E-state index contributed by atoms with van der Waals surface area (Å²) < 4.78 is 13.3. The van der Waals surface area contributed by atoms with E-state index in [1.807, 2.05) is 0 Å². The average Bonchev–Trinajstić information content (AvgIpc) is 2.53. The summed E-state index contributed by atoms with van der Waals surface area (Å²) in [5.74, 6) is 0.141. The molecule has 23 heavy (non-hydrogen) atoms. The zero-order valence-electron chi connectivity index (χ0n) is 13.4. The fourth-order valence-corrected chi connectivity index (χ4v) is 3.83. The first-order valence-corrected chi connectivity index (χ1v) is 8.62. The normalized spacial score (nSPS) is 27.1. The zero-order valence-corrected chi connectivity index (χ0v) is 13.4. The Hall–Kier alpha value is -1.62. The number of urea groups is 1. The number of aryl methyl sites for hydroxylation is 1. The lowest BCUT2D eigenvalue weighted by molar-refractivity contribution is 0.101. The van der Waals surface area contributed by atoms with Crippen LogP contribution < -0.4 is 10.6 Å². The number of rotatable bonds is 3. The fourth-order valence-electron chi connectivity index (χ4n) is 3.83. The second kappa shape index (κ2) is 7.30. The molecule has 2 aliphatic carbocycles. The highest BCUT2D eigenvalue weighted by atomic mass is 19.1. The summed E-state index contributed by atoms with van der Waals surface area (Å²) in [5.41, 5.74) is 2.03. The number of fused-ring (bicyclic) bond motifs is 1. The van der Waals surface area contributed by atoms with Crippen LogP contribution in [0.3, 0.4) is 0 Å². The number of halogens is 1. The molecule has 1 saturated carbocycles. The van der Waals surface area contributed by atoms with Crippen LogP contribution >= 0.6 is 0 Å². The van der Waals surface area contributed by atoms with Crippen molar-refractivity contribution in [1.29, 1.82) is 0 Å². The second-order valence-corrected chi connectivity index (χ2v) is 6.83. The lowest BCUT2D eigenvalue weighted by atomic mass is 9.87. The molecule has 3 N–H and O–H groups in total. The standard InChI is InChI=1S/C18H25FN2O2/c19-14-7-8-16-13(10-14)4-2-6-17(16)21-18(23)20-11-12-3-1-5-15(22)9-12/h7-8,10,12,15,17,22H,1-6,9,11H2,(H2,20,21,23)/t12-,15-,17-/m1/s1. The molecular formula is C18H25FN2O2. The number of hydrogen-bond acceptors (Lipinski definition) is 2. The van der Waals surface area contributed by atoms with E-state index in [0.29, 0.717) is 12.5 Å². The van der Waals surface area contributed by atoms with Crippen molar-refractivity contribution in [2.45, 2.75) is 57.1 Å². The van der Waals surface area contributed by atoms with E-state index in [-0.39, 0.29) is 24.0 Å². The van der Waals surface area contributed by atoms with E-state index in [9.17, 15) is 14.3 Å². The third-order valence-corrected chi connectivity index (χ3v) is 5.03. The Morgan fingerprint density at radius 2 is 2.13 bits per heavy atom. The van der Waals surface area contributed by atoms with Crippen LogP contribution in [0.5, 0.6) is 0 Å². The van der Waals surface area contributed by atoms with Gasteiger partial charge in [0.2, 0.25) is 0 Å². The Kier molecular flexibility index (Phi) is 5.16. The summed E-state index contributed by atoms with van der Waals surface area (Å²) in [6.45, 7) is 0.603. The molecule has 2 amide bonds. The first-order valence-electron chi connectivity index (χ1n) is 8.62. The molecule has 1 aromatic carbocycles. The van der Waals surface area contributed by atoms with Gasteiger partial charge >= 0.3 is 6.03 Å². The second-order valence-electron chi connectivity index (χ2n) is 6.83. The molecule has 0 aliphatic heterocycles. The number of amides is 2. The monoisotopic (exact) mass is 320 g/mol. The molecular weight excluding hydrogens is 295 g/mol. The average molecular weight is 320 g/mol. The molecule has 0 heterocycles. The molecule has 2 aliphatic rings. The summed E-state index contributed by atoms with van der Waals surface area (Å²) in [4.78, 5) is 12.2. The van der Waals surface area contributed by atoms with Crippen molar-refractivity contribution >= 4 is 6.03 Å². The van der Waals surface area contributed by atoms with Crippen molar-refractivity contribution in [3.8, 4) is 0 Å². The molecule has 3 atom stereocenters. The minimum absolute atomic E-state index is 0.0451. The van der Waals surface area contributed by atoms with Gasteiger partial charge in [-0.25, -0.2) is 9.18 Å². The quantitative estimate of drug-likeness (QED) is 0.801.